The average molecular weight is 314 g/mol. The maximum atomic E-state index is 13.1. The van der Waals surface area contributed by atoms with Gasteiger partial charge in [-0.15, -0.1) is 0 Å². The molecular formula is C15H23FN2O2S. The number of nitrogens with zero attached hydrogens (tertiary/aromatic N) is 1. The molecule has 6 heteroatoms. The van der Waals surface area contributed by atoms with E-state index < -0.39 is 10.2 Å². The van der Waals surface area contributed by atoms with Crippen molar-refractivity contribution >= 4 is 10.2 Å². The van der Waals surface area contributed by atoms with Gasteiger partial charge in [0.1, 0.15) is 5.82 Å². The summed E-state index contributed by atoms with van der Waals surface area (Å²) in [6.45, 7) is 5.57. The molecule has 0 aliphatic carbocycles. The van der Waals surface area contributed by atoms with Crippen molar-refractivity contribution in [1.29, 1.82) is 0 Å². The zero-order chi connectivity index (χ0) is 15.5. The maximum Gasteiger partial charge on any atom is 0.279 e. The Morgan fingerprint density at radius 2 is 1.95 bits per heavy atom. The third kappa shape index (κ3) is 4.76. The quantitative estimate of drug-likeness (QED) is 0.905. The molecular weight excluding hydrogens is 291 g/mol. The van der Waals surface area contributed by atoms with E-state index in [1.54, 1.807) is 12.1 Å². The number of halogens is 1. The summed E-state index contributed by atoms with van der Waals surface area (Å²) in [6.07, 6.45) is 1.55. The van der Waals surface area contributed by atoms with Crippen molar-refractivity contribution in [2.45, 2.75) is 26.7 Å². The van der Waals surface area contributed by atoms with Crippen LogP contribution < -0.4 is 4.72 Å². The van der Waals surface area contributed by atoms with Crippen molar-refractivity contribution in [3.05, 3.63) is 35.6 Å². The molecule has 1 saturated heterocycles. The molecule has 1 aromatic carbocycles. The molecule has 2 rings (SSSR count). The van der Waals surface area contributed by atoms with Crippen LogP contribution in [0.3, 0.4) is 0 Å². The van der Waals surface area contributed by atoms with Crippen LogP contribution in [0.4, 0.5) is 4.39 Å². The number of rotatable bonds is 5. The van der Waals surface area contributed by atoms with E-state index >= 15 is 0 Å². The van der Waals surface area contributed by atoms with E-state index in [1.165, 1.54) is 16.4 Å². The lowest BCUT2D eigenvalue weighted by Crippen LogP contribution is -2.48. The van der Waals surface area contributed by atoms with E-state index in [1.807, 2.05) is 0 Å². The summed E-state index contributed by atoms with van der Waals surface area (Å²) in [5, 5.41) is 0. The van der Waals surface area contributed by atoms with Crippen LogP contribution in [0.15, 0.2) is 24.3 Å². The van der Waals surface area contributed by atoms with E-state index in [0.717, 1.165) is 12.0 Å². The first-order valence-electron chi connectivity index (χ1n) is 7.36. The SMILES string of the molecule is CC1CC(C)CN(S(=O)(=O)NCCc2cccc(F)c2)C1. The van der Waals surface area contributed by atoms with Crippen LogP contribution in [0.1, 0.15) is 25.8 Å². The highest BCUT2D eigenvalue weighted by Gasteiger charge is 2.29. The van der Waals surface area contributed by atoms with Crippen molar-refractivity contribution in [2.24, 2.45) is 11.8 Å². The minimum Gasteiger partial charge on any atom is -0.207 e. The van der Waals surface area contributed by atoms with Crippen molar-refractivity contribution in [3.63, 3.8) is 0 Å². The highest BCUT2D eigenvalue weighted by Crippen LogP contribution is 2.22. The summed E-state index contributed by atoms with van der Waals surface area (Å²) >= 11 is 0. The highest BCUT2D eigenvalue weighted by atomic mass is 32.2. The smallest absolute Gasteiger partial charge is 0.207 e. The molecule has 0 bridgehead atoms. The van der Waals surface area contributed by atoms with E-state index in [0.29, 0.717) is 31.3 Å². The molecule has 1 heterocycles. The second kappa shape index (κ2) is 6.85. The molecule has 1 fully saturated rings. The lowest BCUT2D eigenvalue weighted by Gasteiger charge is -2.33. The molecule has 0 saturated carbocycles. The summed E-state index contributed by atoms with van der Waals surface area (Å²) in [7, 11) is -3.44. The molecule has 1 N–H and O–H groups in total. The average Bonchev–Trinajstić information content (AvgIpc) is 2.37. The molecule has 2 atom stereocenters. The van der Waals surface area contributed by atoms with Crippen LogP contribution in [0.5, 0.6) is 0 Å². The maximum absolute atomic E-state index is 13.1. The van der Waals surface area contributed by atoms with Gasteiger partial charge in [0.2, 0.25) is 0 Å². The van der Waals surface area contributed by atoms with Gasteiger partial charge in [-0.05, 0) is 42.4 Å². The Kier molecular flexibility index (Phi) is 5.35. The summed E-state index contributed by atoms with van der Waals surface area (Å²) in [4.78, 5) is 0. The van der Waals surface area contributed by atoms with Crippen LogP contribution in [-0.2, 0) is 16.6 Å². The Bertz CT molecular complexity index is 567. The summed E-state index contributed by atoms with van der Waals surface area (Å²) in [5.41, 5.74) is 0.790. The Balaban J connectivity index is 1.89. The predicted octanol–water partition coefficient (Wildman–Crippen LogP) is 2.18. The highest BCUT2D eigenvalue weighted by molar-refractivity contribution is 7.87. The molecule has 118 valence electrons. The van der Waals surface area contributed by atoms with Gasteiger partial charge in [0.15, 0.2) is 0 Å². The minimum absolute atomic E-state index is 0.283. The fourth-order valence-corrected chi connectivity index (χ4v) is 4.35. The molecule has 4 nitrogen and oxygen atoms in total. The number of hydrogen-bond acceptors (Lipinski definition) is 2. The van der Waals surface area contributed by atoms with Crippen molar-refractivity contribution in [2.75, 3.05) is 19.6 Å². The molecule has 0 spiro atoms. The van der Waals surface area contributed by atoms with Gasteiger partial charge in [-0.2, -0.15) is 12.7 Å². The predicted molar refractivity (Wildman–Crippen MR) is 81.5 cm³/mol. The van der Waals surface area contributed by atoms with Crippen LogP contribution in [-0.4, -0.2) is 32.4 Å². The first-order valence-corrected chi connectivity index (χ1v) is 8.80. The Hall–Kier alpha value is -0.980. The monoisotopic (exact) mass is 314 g/mol. The topological polar surface area (TPSA) is 49.4 Å². The van der Waals surface area contributed by atoms with Gasteiger partial charge in [-0.1, -0.05) is 26.0 Å². The molecule has 1 aliphatic heterocycles. The van der Waals surface area contributed by atoms with E-state index in [4.69, 9.17) is 0 Å². The normalized spacial score (nSPS) is 24.1. The number of piperidine rings is 1. The molecule has 0 aromatic heterocycles. The number of hydrogen-bond donors (Lipinski definition) is 1. The second-order valence-electron chi connectivity index (χ2n) is 6.04. The largest absolute Gasteiger partial charge is 0.279 e. The van der Waals surface area contributed by atoms with Crippen LogP contribution in [0.2, 0.25) is 0 Å². The van der Waals surface area contributed by atoms with Crippen LogP contribution in [0.25, 0.3) is 0 Å². The van der Waals surface area contributed by atoms with Crippen LogP contribution >= 0.6 is 0 Å². The summed E-state index contributed by atoms with van der Waals surface area (Å²) < 4.78 is 41.7. The number of nitrogens with one attached hydrogen (secondary N) is 1. The Morgan fingerprint density at radius 3 is 2.57 bits per heavy atom. The van der Waals surface area contributed by atoms with E-state index in [2.05, 4.69) is 18.6 Å². The number of benzene rings is 1. The van der Waals surface area contributed by atoms with Gasteiger partial charge in [-0.25, -0.2) is 9.11 Å². The molecule has 21 heavy (non-hydrogen) atoms. The lowest BCUT2D eigenvalue weighted by molar-refractivity contribution is 0.220. The second-order valence-corrected chi connectivity index (χ2v) is 7.80. The Morgan fingerprint density at radius 1 is 1.29 bits per heavy atom. The summed E-state index contributed by atoms with van der Waals surface area (Å²) in [6, 6.07) is 6.24. The van der Waals surface area contributed by atoms with Gasteiger partial charge in [0, 0.05) is 19.6 Å². The van der Waals surface area contributed by atoms with Crippen molar-refractivity contribution in [1.82, 2.24) is 9.03 Å². The molecule has 2 unspecified atom stereocenters. The fraction of sp³-hybridized carbons (Fsp3) is 0.600. The standard InChI is InChI=1S/C15H23FN2O2S/c1-12-8-13(2)11-18(10-12)21(19,20)17-7-6-14-4-3-5-15(16)9-14/h3-5,9,12-13,17H,6-8,10-11H2,1-2H3. The van der Waals surface area contributed by atoms with Gasteiger partial charge in [-0.3, -0.25) is 0 Å². The molecule has 0 radical (unpaired) electrons. The fourth-order valence-electron chi connectivity index (χ4n) is 2.91. The van der Waals surface area contributed by atoms with Crippen LogP contribution in [0, 0.1) is 17.7 Å². The minimum atomic E-state index is -3.44. The van der Waals surface area contributed by atoms with Gasteiger partial charge >= 0.3 is 0 Å². The summed E-state index contributed by atoms with van der Waals surface area (Å²) in [5.74, 6) is 0.469. The van der Waals surface area contributed by atoms with E-state index in [-0.39, 0.29) is 12.4 Å². The zero-order valence-corrected chi connectivity index (χ0v) is 13.4. The molecule has 1 aromatic rings. The van der Waals surface area contributed by atoms with Gasteiger partial charge < -0.3 is 0 Å². The molecule has 1 aliphatic rings. The molecule has 0 amide bonds. The Labute approximate surface area is 126 Å². The first-order chi connectivity index (χ1) is 9.87. The van der Waals surface area contributed by atoms with Crippen molar-refractivity contribution in [3.8, 4) is 0 Å². The van der Waals surface area contributed by atoms with Gasteiger partial charge in [0.05, 0.1) is 0 Å². The van der Waals surface area contributed by atoms with Gasteiger partial charge in [0.25, 0.3) is 10.2 Å². The van der Waals surface area contributed by atoms with E-state index in [9.17, 15) is 12.8 Å². The lowest BCUT2D eigenvalue weighted by atomic mass is 9.94. The third-order valence-corrected chi connectivity index (χ3v) is 5.31. The first kappa shape index (κ1) is 16.4. The third-order valence-electron chi connectivity index (χ3n) is 3.76. The zero-order valence-electron chi connectivity index (χ0n) is 12.5. The van der Waals surface area contributed by atoms with Crippen molar-refractivity contribution < 1.29 is 12.8 Å².